The summed E-state index contributed by atoms with van der Waals surface area (Å²) in [5.74, 6) is 0.251. The highest BCUT2D eigenvalue weighted by Gasteiger charge is 2.09. The molecule has 0 saturated heterocycles. The van der Waals surface area contributed by atoms with E-state index < -0.39 is 5.82 Å². The van der Waals surface area contributed by atoms with Gasteiger partial charge >= 0.3 is 0 Å². The van der Waals surface area contributed by atoms with E-state index >= 15 is 0 Å². The number of aromatic nitrogens is 4. The lowest BCUT2D eigenvalue weighted by molar-refractivity contribution is 0.432. The molecule has 2 N–H and O–H groups in total. The second kappa shape index (κ2) is 6.20. The SMILES string of the molecule is Oc1ccc(CNc2ccc3nnc(-c4ccccc4)n3n2)cc1F. The lowest BCUT2D eigenvalue weighted by atomic mass is 10.2. The van der Waals surface area contributed by atoms with Crippen LogP contribution in [0.2, 0.25) is 0 Å². The molecule has 124 valence electrons. The fourth-order valence-electron chi connectivity index (χ4n) is 2.50. The molecule has 0 spiro atoms. The van der Waals surface area contributed by atoms with Gasteiger partial charge in [0.15, 0.2) is 23.0 Å². The lowest BCUT2D eigenvalue weighted by Gasteiger charge is -2.07. The van der Waals surface area contributed by atoms with Crippen molar-refractivity contribution in [3.63, 3.8) is 0 Å². The third-order valence-corrected chi connectivity index (χ3v) is 3.78. The van der Waals surface area contributed by atoms with E-state index in [-0.39, 0.29) is 5.75 Å². The smallest absolute Gasteiger partial charge is 0.185 e. The predicted octanol–water partition coefficient (Wildman–Crippen LogP) is 3.25. The summed E-state index contributed by atoms with van der Waals surface area (Å²) in [6, 6.07) is 17.5. The number of phenols is 1. The first-order valence-corrected chi connectivity index (χ1v) is 7.70. The fraction of sp³-hybridized carbons (Fsp3) is 0.0556. The zero-order chi connectivity index (χ0) is 17.2. The van der Waals surface area contributed by atoms with Crippen molar-refractivity contribution in [3.8, 4) is 17.1 Å². The van der Waals surface area contributed by atoms with Gasteiger partial charge in [0, 0.05) is 12.1 Å². The Balaban J connectivity index is 1.61. The van der Waals surface area contributed by atoms with Gasteiger partial charge in [0.2, 0.25) is 0 Å². The predicted molar refractivity (Wildman–Crippen MR) is 91.6 cm³/mol. The van der Waals surface area contributed by atoms with E-state index in [9.17, 15) is 9.50 Å². The Bertz CT molecular complexity index is 1030. The van der Waals surface area contributed by atoms with E-state index in [1.807, 2.05) is 36.4 Å². The van der Waals surface area contributed by atoms with E-state index in [0.29, 0.717) is 29.4 Å². The number of aromatic hydroxyl groups is 1. The Kier molecular flexibility index (Phi) is 3.74. The van der Waals surface area contributed by atoms with Crippen molar-refractivity contribution in [2.45, 2.75) is 6.54 Å². The standard InChI is InChI=1S/C18H14FN5O/c19-14-10-12(6-7-15(14)25)11-20-16-8-9-17-21-22-18(24(17)23-16)13-4-2-1-3-5-13/h1-10,25H,11H2,(H,20,23). The van der Waals surface area contributed by atoms with Crippen LogP contribution in [-0.2, 0) is 6.54 Å². The molecule has 0 fully saturated rings. The molecule has 25 heavy (non-hydrogen) atoms. The summed E-state index contributed by atoms with van der Waals surface area (Å²) in [5.41, 5.74) is 2.25. The van der Waals surface area contributed by atoms with Gasteiger partial charge in [-0.2, -0.15) is 4.52 Å². The second-order valence-corrected chi connectivity index (χ2v) is 5.52. The van der Waals surface area contributed by atoms with Crippen LogP contribution in [0, 0.1) is 5.82 Å². The van der Waals surface area contributed by atoms with Crippen molar-refractivity contribution in [1.82, 2.24) is 19.8 Å². The van der Waals surface area contributed by atoms with E-state index in [2.05, 4.69) is 20.6 Å². The van der Waals surface area contributed by atoms with Gasteiger partial charge in [-0.05, 0) is 29.8 Å². The Morgan fingerprint density at radius 2 is 1.84 bits per heavy atom. The lowest BCUT2D eigenvalue weighted by Crippen LogP contribution is -2.05. The summed E-state index contributed by atoms with van der Waals surface area (Å²) in [5, 5.41) is 25.2. The van der Waals surface area contributed by atoms with E-state index in [4.69, 9.17) is 0 Å². The summed E-state index contributed by atoms with van der Waals surface area (Å²) in [6.45, 7) is 0.374. The Labute approximate surface area is 142 Å². The van der Waals surface area contributed by atoms with E-state index in [1.54, 1.807) is 16.6 Å². The third-order valence-electron chi connectivity index (χ3n) is 3.78. The molecule has 2 aromatic carbocycles. The highest BCUT2D eigenvalue weighted by atomic mass is 19.1. The van der Waals surface area contributed by atoms with Gasteiger partial charge in [-0.3, -0.25) is 0 Å². The highest BCUT2D eigenvalue weighted by molar-refractivity contribution is 5.59. The fourth-order valence-corrected chi connectivity index (χ4v) is 2.50. The van der Waals surface area contributed by atoms with Gasteiger partial charge in [0.1, 0.15) is 5.82 Å². The molecule has 0 aliphatic carbocycles. The van der Waals surface area contributed by atoms with Crippen LogP contribution in [0.4, 0.5) is 10.2 Å². The third kappa shape index (κ3) is 2.99. The number of nitrogens with zero attached hydrogens (tertiary/aromatic N) is 4. The number of hydrogen-bond acceptors (Lipinski definition) is 5. The molecule has 0 saturated carbocycles. The van der Waals surface area contributed by atoms with Gasteiger partial charge in [-0.1, -0.05) is 36.4 Å². The van der Waals surface area contributed by atoms with Gasteiger partial charge in [-0.25, -0.2) is 4.39 Å². The molecule has 0 radical (unpaired) electrons. The van der Waals surface area contributed by atoms with Crippen LogP contribution in [0.25, 0.3) is 17.0 Å². The van der Waals surface area contributed by atoms with Crippen LogP contribution in [0.15, 0.2) is 60.7 Å². The van der Waals surface area contributed by atoms with Crippen LogP contribution < -0.4 is 5.32 Å². The molecule has 0 atom stereocenters. The monoisotopic (exact) mass is 335 g/mol. The maximum Gasteiger partial charge on any atom is 0.185 e. The number of hydrogen-bond donors (Lipinski definition) is 2. The molecule has 7 heteroatoms. The molecule has 0 aliphatic heterocycles. The number of rotatable bonds is 4. The number of phenolic OH excluding ortho intramolecular Hbond substituents is 1. The summed E-state index contributed by atoms with van der Waals surface area (Å²) in [7, 11) is 0. The van der Waals surface area contributed by atoms with Crippen molar-refractivity contribution in [2.75, 3.05) is 5.32 Å². The molecule has 6 nitrogen and oxygen atoms in total. The molecule has 4 rings (SSSR count). The molecule has 0 amide bonds. The van der Waals surface area contributed by atoms with Gasteiger partial charge < -0.3 is 10.4 Å². The van der Waals surface area contributed by atoms with Crippen molar-refractivity contribution in [1.29, 1.82) is 0 Å². The minimum absolute atomic E-state index is 0.361. The minimum atomic E-state index is -0.645. The molecule has 2 heterocycles. The molecule has 2 aromatic heterocycles. The first-order chi connectivity index (χ1) is 12.2. The normalized spacial score (nSPS) is 10.9. The van der Waals surface area contributed by atoms with Crippen LogP contribution in [-0.4, -0.2) is 24.9 Å². The Morgan fingerprint density at radius 3 is 2.64 bits per heavy atom. The number of fused-ring (bicyclic) bond motifs is 1. The maximum atomic E-state index is 13.4. The van der Waals surface area contributed by atoms with E-state index in [0.717, 1.165) is 5.56 Å². The molecular weight excluding hydrogens is 321 g/mol. The summed E-state index contributed by atoms with van der Waals surface area (Å²) in [6.07, 6.45) is 0. The topological polar surface area (TPSA) is 75.3 Å². The zero-order valence-corrected chi connectivity index (χ0v) is 13.1. The second-order valence-electron chi connectivity index (χ2n) is 5.52. The number of nitrogens with one attached hydrogen (secondary N) is 1. The van der Waals surface area contributed by atoms with Crippen molar-refractivity contribution < 1.29 is 9.50 Å². The molecule has 4 aromatic rings. The summed E-state index contributed by atoms with van der Waals surface area (Å²) in [4.78, 5) is 0. The number of benzene rings is 2. The first kappa shape index (κ1) is 15.1. The molecule has 0 bridgehead atoms. The Hall–Kier alpha value is -3.48. The molecule has 0 aliphatic rings. The quantitative estimate of drug-likeness (QED) is 0.599. The summed E-state index contributed by atoms with van der Waals surface area (Å²) >= 11 is 0. The van der Waals surface area contributed by atoms with Crippen LogP contribution in [0.1, 0.15) is 5.56 Å². The summed E-state index contributed by atoms with van der Waals surface area (Å²) < 4.78 is 15.1. The largest absolute Gasteiger partial charge is 0.505 e. The molecule has 0 unspecified atom stereocenters. The van der Waals surface area contributed by atoms with Gasteiger partial charge in [0.05, 0.1) is 0 Å². The van der Waals surface area contributed by atoms with Gasteiger partial charge in [0.25, 0.3) is 0 Å². The van der Waals surface area contributed by atoms with Crippen molar-refractivity contribution in [2.24, 2.45) is 0 Å². The van der Waals surface area contributed by atoms with Crippen LogP contribution in [0.3, 0.4) is 0 Å². The molecular formula is C18H14FN5O. The van der Waals surface area contributed by atoms with Gasteiger partial charge in [-0.15, -0.1) is 15.3 Å². The van der Waals surface area contributed by atoms with E-state index in [1.165, 1.54) is 12.1 Å². The van der Waals surface area contributed by atoms with Crippen LogP contribution in [0.5, 0.6) is 5.75 Å². The average Bonchev–Trinajstić information content (AvgIpc) is 3.06. The maximum absolute atomic E-state index is 13.4. The van der Waals surface area contributed by atoms with Crippen molar-refractivity contribution >= 4 is 11.5 Å². The van der Waals surface area contributed by atoms with Crippen LogP contribution >= 0.6 is 0 Å². The average molecular weight is 335 g/mol. The zero-order valence-electron chi connectivity index (χ0n) is 13.1. The highest BCUT2D eigenvalue weighted by Crippen LogP contribution is 2.19. The first-order valence-electron chi connectivity index (χ1n) is 7.70. The Morgan fingerprint density at radius 1 is 1.00 bits per heavy atom. The van der Waals surface area contributed by atoms with Crippen molar-refractivity contribution in [3.05, 3.63) is 72.0 Å². The minimum Gasteiger partial charge on any atom is -0.505 e. The number of anilines is 1. The number of halogens is 1.